The lowest BCUT2D eigenvalue weighted by atomic mass is 10.1. The fourth-order valence-electron chi connectivity index (χ4n) is 1.92. The van der Waals surface area contributed by atoms with Crippen molar-refractivity contribution in [2.45, 2.75) is 18.1 Å². The van der Waals surface area contributed by atoms with Crippen molar-refractivity contribution in [2.75, 3.05) is 5.75 Å². The van der Waals surface area contributed by atoms with Gasteiger partial charge in [-0.05, 0) is 40.8 Å². The molecule has 5 heteroatoms. The molecule has 0 aliphatic heterocycles. The van der Waals surface area contributed by atoms with Gasteiger partial charge in [0.1, 0.15) is 5.25 Å². The summed E-state index contributed by atoms with van der Waals surface area (Å²) in [6.07, 6.45) is 0.973. The summed E-state index contributed by atoms with van der Waals surface area (Å²) in [5, 5.41) is 12.4. The highest BCUT2D eigenvalue weighted by atomic mass is 32.2. The van der Waals surface area contributed by atoms with E-state index in [1.54, 1.807) is 11.3 Å². The molecule has 2 aromatic rings. The Balaban J connectivity index is 1.97. The van der Waals surface area contributed by atoms with E-state index in [2.05, 4.69) is 0 Å². The van der Waals surface area contributed by atoms with Crippen LogP contribution in [0.25, 0.3) is 0 Å². The quantitative estimate of drug-likeness (QED) is 0.855. The van der Waals surface area contributed by atoms with E-state index >= 15 is 0 Å². The smallest absolute Gasteiger partial charge is 0.319 e. The van der Waals surface area contributed by atoms with Gasteiger partial charge in [-0.1, -0.05) is 30.3 Å². The van der Waals surface area contributed by atoms with Crippen LogP contribution >= 0.6 is 11.3 Å². The number of carboxylic acid groups (broad SMARTS) is 1. The number of rotatable bonds is 7. The second kappa shape index (κ2) is 7.36. The minimum Gasteiger partial charge on any atom is -0.480 e. The van der Waals surface area contributed by atoms with Crippen molar-refractivity contribution in [1.29, 1.82) is 0 Å². The molecule has 1 N–H and O–H groups in total. The topological polar surface area (TPSA) is 54.4 Å². The zero-order valence-corrected chi connectivity index (χ0v) is 12.5. The SMILES string of the molecule is O=C(O)C(Cc1ccccc1)S(=O)CCc1ccsc1. The van der Waals surface area contributed by atoms with E-state index in [4.69, 9.17) is 0 Å². The van der Waals surface area contributed by atoms with Gasteiger partial charge in [0.2, 0.25) is 0 Å². The fourth-order valence-corrected chi connectivity index (χ4v) is 3.94. The van der Waals surface area contributed by atoms with Crippen LogP contribution in [0.5, 0.6) is 0 Å². The Kier molecular flexibility index (Phi) is 5.49. The van der Waals surface area contributed by atoms with Gasteiger partial charge in [0, 0.05) is 16.6 Å². The molecule has 0 fully saturated rings. The molecule has 0 amide bonds. The third-order valence-corrected chi connectivity index (χ3v) is 5.37. The molecule has 2 atom stereocenters. The Hall–Kier alpha value is -1.46. The molecule has 0 spiro atoms. The first-order valence-corrected chi connectivity index (χ1v) is 8.64. The van der Waals surface area contributed by atoms with Gasteiger partial charge < -0.3 is 5.11 Å². The van der Waals surface area contributed by atoms with Gasteiger partial charge in [0.25, 0.3) is 0 Å². The first kappa shape index (κ1) is 14.9. The van der Waals surface area contributed by atoms with E-state index in [9.17, 15) is 14.1 Å². The van der Waals surface area contributed by atoms with Crippen molar-refractivity contribution in [1.82, 2.24) is 0 Å². The summed E-state index contributed by atoms with van der Waals surface area (Å²) >= 11 is 1.59. The lowest BCUT2D eigenvalue weighted by Gasteiger charge is -2.12. The van der Waals surface area contributed by atoms with E-state index in [0.717, 1.165) is 11.1 Å². The summed E-state index contributed by atoms with van der Waals surface area (Å²) in [5.41, 5.74) is 2.02. The normalized spacial score (nSPS) is 13.8. The van der Waals surface area contributed by atoms with Gasteiger partial charge >= 0.3 is 5.97 Å². The molecule has 20 heavy (non-hydrogen) atoms. The van der Waals surface area contributed by atoms with Gasteiger partial charge in [0.05, 0.1) is 0 Å². The van der Waals surface area contributed by atoms with Crippen LogP contribution in [0.1, 0.15) is 11.1 Å². The Morgan fingerprint density at radius 2 is 1.95 bits per heavy atom. The zero-order valence-electron chi connectivity index (χ0n) is 10.9. The molecule has 0 saturated carbocycles. The highest BCUT2D eigenvalue weighted by molar-refractivity contribution is 7.86. The third-order valence-electron chi connectivity index (χ3n) is 3.03. The third kappa shape index (κ3) is 4.28. The van der Waals surface area contributed by atoms with Crippen molar-refractivity contribution >= 4 is 28.1 Å². The van der Waals surface area contributed by atoms with E-state index in [1.165, 1.54) is 0 Å². The maximum atomic E-state index is 12.2. The number of hydrogen-bond donors (Lipinski definition) is 1. The van der Waals surface area contributed by atoms with Crippen molar-refractivity contribution in [3.05, 3.63) is 58.3 Å². The Morgan fingerprint density at radius 3 is 2.55 bits per heavy atom. The summed E-state index contributed by atoms with van der Waals surface area (Å²) < 4.78 is 12.2. The predicted molar refractivity (Wildman–Crippen MR) is 82.6 cm³/mol. The maximum absolute atomic E-state index is 12.2. The van der Waals surface area contributed by atoms with Crippen molar-refractivity contribution in [3.63, 3.8) is 0 Å². The molecule has 2 rings (SSSR count). The second-order valence-electron chi connectivity index (χ2n) is 4.48. The summed E-state index contributed by atoms with van der Waals surface area (Å²) in [5.74, 6) is -0.599. The molecule has 1 heterocycles. The van der Waals surface area contributed by atoms with Crippen LogP contribution in [0.2, 0.25) is 0 Å². The molecule has 1 aromatic heterocycles. The number of benzene rings is 1. The predicted octanol–water partition coefficient (Wildman–Crippen LogP) is 2.74. The van der Waals surface area contributed by atoms with Gasteiger partial charge in [-0.2, -0.15) is 11.3 Å². The largest absolute Gasteiger partial charge is 0.480 e. The molecule has 0 bridgehead atoms. The number of hydrogen-bond acceptors (Lipinski definition) is 3. The van der Waals surface area contributed by atoms with E-state index in [0.29, 0.717) is 18.6 Å². The average molecular weight is 308 g/mol. The Morgan fingerprint density at radius 1 is 1.20 bits per heavy atom. The lowest BCUT2D eigenvalue weighted by Crippen LogP contribution is -2.30. The molecule has 0 saturated heterocycles. The van der Waals surface area contributed by atoms with Gasteiger partial charge in [-0.25, -0.2) is 0 Å². The monoisotopic (exact) mass is 308 g/mol. The van der Waals surface area contributed by atoms with Crippen LogP contribution in [0.15, 0.2) is 47.2 Å². The molecule has 0 aliphatic rings. The molecule has 0 aliphatic carbocycles. The van der Waals surface area contributed by atoms with Crippen molar-refractivity contribution < 1.29 is 14.1 Å². The first-order valence-electron chi connectivity index (χ1n) is 6.32. The van der Waals surface area contributed by atoms with E-state index in [-0.39, 0.29) is 0 Å². The average Bonchev–Trinajstić information content (AvgIpc) is 2.96. The number of aliphatic carboxylic acids is 1. The van der Waals surface area contributed by atoms with E-state index < -0.39 is 22.0 Å². The molecule has 0 radical (unpaired) electrons. The highest BCUT2D eigenvalue weighted by Crippen LogP contribution is 2.12. The fraction of sp³-hybridized carbons (Fsp3) is 0.267. The summed E-state index contributed by atoms with van der Waals surface area (Å²) in [7, 11) is -1.37. The number of aryl methyl sites for hydroxylation is 1. The maximum Gasteiger partial charge on any atom is 0.319 e. The van der Waals surface area contributed by atoms with Gasteiger partial charge in [-0.3, -0.25) is 9.00 Å². The van der Waals surface area contributed by atoms with Crippen LogP contribution in [-0.2, 0) is 28.4 Å². The Labute approximate surface area is 124 Å². The van der Waals surface area contributed by atoms with Gasteiger partial charge in [-0.15, -0.1) is 0 Å². The number of carbonyl (C=O) groups is 1. The summed E-state index contributed by atoms with van der Waals surface area (Å²) in [4.78, 5) is 11.3. The standard InChI is InChI=1S/C15H16O3S2/c16-15(17)14(10-12-4-2-1-3-5-12)20(18)9-7-13-6-8-19-11-13/h1-6,8,11,14H,7,9-10H2,(H,16,17). The highest BCUT2D eigenvalue weighted by Gasteiger charge is 2.24. The molecular formula is C15H16O3S2. The van der Waals surface area contributed by atoms with E-state index in [1.807, 2.05) is 47.2 Å². The summed E-state index contributed by atoms with van der Waals surface area (Å²) in [6.45, 7) is 0. The minimum absolute atomic E-state index is 0.312. The molecule has 2 unspecified atom stereocenters. The molecular weight excluding hydrogens is 292 g/mol. The van der Waals surface area contributed by atoms with Gasteiger partial charge in [0.15, 0.2) is 0 Å². The zero-order chi connectivity index (χ0) is 14.4. The second-order valence-corrected chi connectivity index (χ2v) is 7.00. The van der Waals surface area contributed by atoms with Crippen LogP contribution in [0, 0.1) is 0 Å². The van der Waals surface area contributed by atoms with Crippen molar-refractivity contribution in [3.8, 4) is 0 Å². The Bertz CT molecular complexity index is 564. The van der Waals surface area contributed by atoms with Crippen LogP contribution in [-0.4, -0.2) is 26.3 Å². The number of carboxylic acids is 1. The first-order chi connectivity index (χ1) is 9.66. The van der Waals surface area contributed by atoms with Crippen LogP contribution in [0.4, 0.5) is 0 Å². The lowest BCUT2D eigenvalue weighted by molar-refractivity contribution is -0.136. The minimum atomic E-state index is -1.37. The van der Waals surface area contributed by atoms with Crippen LogP contribution in [0.3, 0.4) is 0 Å². The summed E-state index contributed by atoms with van der Waals surface area (Å²) in [6, 6.07) is 11.3. The van der Waals surface area contributed by atoms with Crippen LogP contribution < -0.4 is 0 Å². The molecule has 1 aromatic carbocycles. The molecule has 3 nitrogen and oxygen atoms in total. The van der Waals surface area contributed by atoms with Crippen molar-refractivity contribution in [2.24, 2.45) is 0 Å². The number of thiophene rings is 1. The molecule has 106 valence electrons.